The molecule has 0 amide bonds. The highest BCUT2D eigenvalue weighted by molar-refractivity contribution is 7.85. The van der Waals surface area contributed by atoms with Crippen molar-refractivity contribution in [2.24, 2.45) is 9.98 Å². The Morgan fingerprint density at radius 2 is 0.932 bits per heavy atom. The molecule has 0 saturated heterocycles. The van der Waals surface area contributed by atoms with Crippen molar-refractivity contribution in [1.82, 2.24) is 0 Å². The minimum atomic E-state index is -0.775. The second kappa shape index (κ2) is 22.2. The predicted octanol–water partition coefficient (Wildman–Crippen LogP) is 7.88. The number of unbranched alkanes of at least 4 members (excludes halogenated alkanes) is 10. The highest BCUT2D eigenvalue weighted by atomic mass is 32.2. The van der Waals surface area contributed by atoms with Crippen LogP contribution in [0.1, 0.15) is 102 Å². The molecule has 2 aromatic carbocycles. The molecule has 0 N–H and O–H groups in total. The van der Waals surface area contributed by atoms with E-state index in [2.05, 4.69) is 23.8 Å². The van der Waals surface area contributed by atoms with Crippen LogP contribution >= 0.6 is 0 Å². The highest BCUT2D eigenvalue weighted by Crippen LogP contribution is 2.15. The first-order valence-electron chi connectivity index (χ1n) is 16.8. The Morgan fingerprint density at radius 1 is 0.568 bits per heavy atom. The van der Waals surface area contributed by atoms with Crippen LogP contribution in [0.3, 0.4) is 0 Å². The normalized spacial score (nSPS) is 18.8. The lowest BCUT2D eigenvalue weighted by Gasteiger charge is -2.05. The Morgan fingerprint density at radius 3 is 1.32 bits per heavy atom. The summed E-state index contributed by atoms with van der Waals surface area (Å²) in [5, 5.41) is 0. The maximum absolute atomic E-state index is 12.1. The van der Waals surface area contributed by atoms with Crippen LogP contribution in [0.15, 0.2) is 70.6 Å². The lowest BCUT2D eigenvalue weighted by Crippen LogP contribution is -2.18. The summed E-state index contributed by atoms with van der Waals surface area (Å²) in [4.78, 5) is 9.14. The number of rotatable bonds is 20. The molecule has 244 valence electrons. The molecule has 2 aliphatic heterocycles. The first kappa shape index (κ1) is 36.2. The van der Waals surface area contributed by atoms with Crippen molar-refractivity contribution < 1.29 is 17.9 Å². The first-order valence-corrected chi connectivity index (χ1v) is 19.8. The maximum Gasteiger partial charge on any atom is 0.216 e. The van der Waals surface area contributed by atoms with Crippen LogP contribution in [0.25, 0.3) is 0 Å². The van der Waals surface area contributed by atoms with Gasteiger partial charge in [-0.3, -0.25) is 8.42 Å². The van der Waals surface area contributed by atoms with E-state index in [1.54, 1.807) is 0 Å². The molecule has 4 atom stereocenters. The van der Waals surface area contributed by atoms with Gasteiger partial charge < -0.3 is 9.47 Å². The van der Waals surface area contributed by atoms with Gasteiger partial charge in [-0.2, -0.15) is 0 Å². The molecule has 0 spiro atoms. The van der Waals surface area contributed by atoms with Crippen molar-refractivity contribution in [2.75, 3.05) is 36.2 Å². The highest BCUT2D eigenvalue weighted by Gasteiger charge is 2.23. The van der Waals surface area contributed by atoms with E-state index < -0.39 is 21.6 Å². The number of ether oxygens (including phenoxy) is 2. The van der Waals surface area contributed by atoms with Gasteiger partial charge in [0.25, 0.3) is 0 Å². The Balaban J connectivity index is 0.000000240. The second-order valence-electron chi connectivity index (χ2n) is 11.7. The van der Waals surface area contributed by atoms with E-state index in [4.69, 9.17) is 9.47 Å². The summed E-state index contributed by atoms with van der Waals surface area (Å²) in [6, 6.07) is 19.9. The SMILES string of the molecule is CCCCCCCC[S@](=O)C[C@@H]1COC(c2ccccc2)=N1.CCCCCCCC[S@](=O)C[C@@H]1COC(c2ccccc2)=N1. The van der Waals surface area contributed by atoms with Crippen LogP contribution in [-0.2, 0) is 31.1 Å². The van der Waals surface area contributed by atoms with Crippen molar-refractivity contribution in [1.29, 1.82) is 0 Å². The van der Waals surface area contributed by atoms with Crippen molar-refractivity contribution in [3.05, 3.63) is 71.8 Å². The minimum absolute atomic E-state index is 0.0520. The molecule has 6 nitrogen and oxygen atoms in total. The van der Waals surface area contributed by atoms with Gasteiger partial charge in [-0.1, -0.05) is 114 Å². The monoisotopic (exact) mass is 642 g/mol. The van der Waals surface area contributed by atoms with E-state index in [1.165, 1.54) is 64.2 Å². The van der Waals surface area contributed by atoms with Gasteiger partial charge in [0, 0.05) is 55.7 Å². The van der Waals surface area contributed by atoms with Crippen LogP contribution in [0.4, 0.5) is 0 Å². The van der Waals surface area contributed by atoms with Crippen molar-refractivity contribution in [3.63, 3.8) is 0 Å². The number of aliphatic imine (C=N–C) groups is 2. The largest absolute Gasteiger partial charge is 0.475 e. The molecule has 2 aliphatic rings. The van der Waals surface area contributed by atoms with Gasteiger partial charge in [-0.25, -0.2) is 9.98 Å². The van der Waals surface area contributed by atoms with Crippen LogP contribution < -0.4 is 0 Å². The molecule has 0 unspecified atom stereocenters. The molecule has 2 heterocycles. The zero-order chi connectivity index (χ0) is 31.2. The van der Waals surface area contributed by atoms with E-state index in [-0.39, 0.29) is 12.1 Å². The second-order valence-corrected chi connectivity index (χ2v) is 14.9. The average Bonchev–Trinajstić information content (AvgIpc) is 3.72. The summed E-state index contributed by atoms with van der Waals surface area (Å²) in [6.45, 7) is 5.57. The molecule has 0 aliphatic carbocycles. The fourth-order valence-electron chi connectivity index (χ4n) is 5.16. The van der Waals surface area contributed by atoms with Crippen LogP contribution in [0, 0.1) is 0 Å². The lowest BCUT2D eigenvalue weighted by atomic mass is 10.1. The van der Waals surface area contributed by atoms with Gasteiger partial charge in [-0.05, 0) is 37.1 Å². The molecule has 0 saturated carbocycles. The fraction of sp³-hybridized carbons (Fsp3) is 0.611. The topological polar surface area (TPSA) is 77.3 Å². The van der Waals surface area contributed by atoms with E-state index in [1.807, 2.05) is 60.7 Å². The van der Waals surface area contributed by atoms with Gasteiger partial charge in [-0.15, -0.1) is 0 Å². The number of nitrogens with zero attached hydrogens (tertiary/aromatic N) is 2. The molecule has 2 aromatic rings. The fourth-order valence-corrected chi connectivity index (χ4v) is 7.75. The van der Waals surface area contributed by atoms with Gasteiger partial charge in [0.05, 0.1) is 12.1 Å². The zero-order valence-electron chi connectivity index (χ0n) is 27.0. The number of benzene rings is 2. The maximum atomic E-state index is 12.1. The van der Waals surface area contributed by atoms with E-state index in [0.717, 1.165) is 35.5 Å². The van der Waals surface area contributed by atoms with Gasteiger partial charge in [0.15, 0.2) is 0 Å². The van der Waals surface area contributed by atoms with Crippen molar-refractivity contribution >= 4 is 33.4 Å². The molecule has 44 heavy (non-hydrogen) atoms. The molecule has 0 bridgehead atoms. The number of hydrogen-bond donors (Lipinski definition) is 0. The molecule has 0 fully saturated rings. The molecule has 4 rings (SSSR count). The molecular formula is C36H54N2O4S2. The minimum Gasteiger partial charge on any atom is -0.475 e. The third-order valence-corrected chi connectivity index (χ3v) is 10.7. The van der Waals surface area contributed by atoms with Gasteiger partial charge >= 0.3 is 0 Å². The zero-order valence-corrected chi connectivity index (χ0v) is 28.6. The van der Waals surface area contributed by atoms with E-state index >= 15 is 0 Å². The Hall–Kier alpha value is -2.32. The van der Waals surface area contributed by atoms with Crippen LogP contribution in [-0.4, -0.2) is 68.5 Å². The Bertz CT molecular complexity index is 1070. The summed E-state index contributed by atoms with van der Waals surface area (Å²) in [6.07, 6.45) is 14.9. The van der Waals surface area contributed by atoms with Gasteiger partial charge in [0.2, 0.25) is 11.8 Å². The molecule has 0 radical (unpaired) electrons. The van der Waals surface area contributed by atoms with Crippen molar-refractivity contribution in [3.8, 4) is 0 Å². The third-order valence-electron chi connectivity index (χ3n) is 7.67. The summed E-state index contributed by atoms with van der Waals surface area (Å²) in [5.41, 5.74) is 2.01. The van der Waals surface area contributed by atoms with E-state index in [9.17, 15) is 8.42 Å². The lowest BCUT2D eigenvalue weighted by molar-refractivity contribution is 0.325. The molecule has 0 aromatic heterocycles. The van der Waals surface area contributed by atoms with E-state index in [0.29, 0.717) is 36.5 Å². The van der Waals surface area contributed by atoms with Crippen molar-refractivity contribution in [2.45, 2.75) is 103 Å². The Labute approximate surface area is 271 Å². The molecule has 8 heteroatoms. The first-order chi connectivity index (χ1) is 21.6. The quantitative estimate of drug-likeness (QED) is 0.138. The van der Waals surface area contributed by atoms with Crippen LogP contribution in [0.5, 0.6) is 0 Å². The summed E-state index contributed by atoms with van der Waals surface area (Å²) >= 11 is 0. The summed E-state index contributed by atoms with van der Waals surface area (Å²) in [7, 11) is -1.55. The van der Waals surface area contributed by atoms with Gasteiger partial charge in [0.1, 0.15) is 13.2 Å². The average molecular weight is 643 g/mol. The predicted molar refractivity (Wildman–Crippen MR) is 188 cm³/mol. The third kappa shape index (κ3) is 14.6. The smallest absolute Gasteiger partial charge is 0.216 e. The number of hydrogen-bond acceptors (Lipinski definition) is 6. The standard InChI is InChI=1S/2C18H27NO2S/c2*1-2-3-4-5-6-10-13-22(20)15-17-14-21-18(19-17)16-11-8-7-9-12-16/h2*7-9,11-12,17H,2-6,10,13-15H2,1H3/t2*17-,22-/m00/s1. The summed E-state index contributed by atoms with van der Waals surface area (Å²) in [5.74, 6) is 4.26. The molecular weight excluding hydrogens is 589 g/mol. The summed E-state index contributed by atoms with van der Waals surface area (Å²) < 4.78 is 35.5. The Kier molecular flexibility index (Phi) is 18.3. The van der Waals surface area contributed by atoms with Crippen LogP contribution in [0.2, 0.25) is 0 Å².